The van der Waals surface area contributed by atoms with Crippen LogP contribution in [0.2, 0.25) is 0 Å². The van der Waals surface area contributed by atoms with Crippen molar-refractivity contribution in [3.63, 3.8) is 0 Å². The van der Waals surface area contributed by atoms with Crippen molar-refractivity contribution in [2.45, 2.75) is 31.6 Å². The van der Waals surface area contributed by atoms with Crippen LogP contribution in [0.3, 0.4) is 0 Å². The van der Waals surface area contributed by atoms with Crippen molar-refractivity contribution >= 4 is 17.5 Å². The predicted molar refractivity (Wildman–Crippen MR) is 77.0 cm³/mol. The molecule has 0 radical (unpaired) electrons. The van der Waals surface area contributed by atoms with Gasteiger partial charge in [0.05, 0.1) is 7.11 Å². The van der Waals surface area contributed by atoms with Gasteiger partial charge in [0, 0.05) is 17.5 Å². The van der Waals surface area contributed by atoms with Gasteiger partial charge in [-0.1, -0.05) is 6.07 Å². The fraction of sp³-hybridized carbons (Fsp3) is 0.533. The SMILES string of the molecule is COc1cc(C(=O)NCC2CCC(Cl)C2)ccc1C. The first kappa shape index (κ1) is 14.2. The summed E-state index contributed by atoms with van der Waals surface area (Å²) in [5, 5.41) is 3.26. The van der Waals surface area contributed by atoms with Crippen LogP contribution in [0.25, 0.3) is 0 Å². The maximum atomic E-state index is 12.1. The largest absolute Gasteiger partial charge is 0.496 e. The molecule has 0 saturated heterocycles. The molecular formula is C15H20ClNO2. The van der Waals surface area contributed by atoms with Gasteiger partial charge in [-0.3, -0.25) is 4.79 Å². The number of methoxy groups -OCH3 is 1. The molecule has 1 fully saturated rings. The van der Waals surface area contributed by atoms with Crippen LogP contribution in [0.4, 0.5) is 0 Å². The van der Waals surface area contributed by atoms with Crippen molar-refractivity contribution in [1.82, 2.24) is 5.32 Å². The first-order chi connectivity index (χ1) is 9.10. The van der Waals surface area contributed by atoms with E-state index in [1.165, 1.54) is 0 Å². The second-order valence-corrected chi connectivity index (χ2v) is 5.79. The van der Waals surface area contributed by atoms with Crippen LogP contribution in [-0.2, 0) is 0 Å². The Bertz CT molecular complexity index is 461. The summed E-state index contributed by atoms with van der Waals surface area (Å²) in [5.74, 6) is 1.21. The molecule has 19 heavy (non-hydrogen) atoms. The Hall–Kier alpha value is -1.22. The normalized spacial score (nSPS) is 22.3. The molecule has 3 nitrogen and oxygen atoms in total. The Labute approximate surface area is 119 Å². The predicted octanol–water partition coefficient (Wildman–Crippen LogP) is 3.14. The van der Waals surface area contributed by atoms with Gasteiger partial charge < -0.3 is 10.1 Å². The van der Waals surface area contributed by atoms with Crippen molar-refractivity contribution in [3.8, 4) is 5.75 Å². The van der Waals surface area contributed by atoms with Gasteiger partial charge in [0.25, 0.3) is 5.91 Å². The minimum Gasteiger partial charge on any atom is -0.496 e. The van der Waals surface area contributed by atoms with Crippen LogP contribution >= 0.6 is 11.6 Å². The van der Waals surface area contributed by atoms with Crippen molar-refractivity contribution < 1.29 is 9.53 Å². The number of nitrogens with one attached hydrogen (secondary N) is 1. The number of halogens is 1. The number of carbonyl (C=O) groups excluding carboxylic acids is 1. The van der Waals surface area contributed by atoms with E-state index in [-0.39, 0.29) is 11.3 Å². The number of carbonyl (C=O) groups is 1. The summed E-state index contributed by atoms with van der Waals surface area (Å²) in [7, 11) is 1.61. The third-order valence-corrected chi connectivity index (χ3v) is 4.10. The van der Waals surface area contributed by atoms with Crippen LogP contribution in [0.1, 0.15) is 35.2 Å². The number of amides is 1. The summed E-state index contributed by atoms with van der Waals surface area (Å²) in [6, 6.07) is 5.51. The first-order valence-corrected chi connectivity index (χ1v) is 7.10. The molecule has 1 aliphatic carbocycles. The average Bonchev–Trinajstić information content (AvgIpc) is 2.82. The number of benzene rings is 1. The third-order valence-electron chi connectivity index (χ3n) is 3.70. The third kappa shape index (κ3) is 3.63. The summed E-state index contributed by atoms with van der Waals surface area (Å²) in [6.45, 7) is 2.66. The molecule has 104 valence electrons. The van der Waals surface area contributed by atoms with E-state index in [4.69, 9.17) is 16.3 Å². The van der Waals surface area contributed by atoms with Gasteiger partial charge in [-0.05, 0) is 49.8 Å². The van der Waals surface area contributed by atoms with E-state index >= 15 is 0 Å². The number of aryl methyl sites for hydroxylation is 1. The number of hydrogen-bond acceptors (Lipinski definition) is 2. The smallest absolute Gasteiger partial charge is 0.251 e. The zero-order valence-electron chi connectivity index (χ0n) is 11.4. The van der Waals surface area contributed by atoms with Crippen LogP contribution in [0.15, 0.2) is 18.2 Å². The number of hydrogen-bond donors (Lipinski definition) is 1. The second kappa shape index (κ2) is 6.29. The molecular weight excluding hydrogens is 262 g/mol. The molecule has 0 bridgehead atoms. The molecule has 2 rings (SSSR count). The van der Waals surface area contributed by atoms with E-state index in [0.29, 0.717) is 18.0 Å². The van der Waals surface area contributed by atoms with Crippen LogP contribution < -0.4 is 10.1 Å². The zero-order chi connectivity index (χ0) is 13.8. The Kier molecular flexibility index (Phi) is 4.70. The maximum Gasteiger partial charge on any atom is 0.251 e. The lowest BCUT2D eigenvalue weighted by Gasteiger charge is -2.12. The monoisotopic (exact) mass is 281 g/mol. The summed E-state index contributed by atoms with van der Waals surface area (Å²) in [6.07, 6.45) is 3.16. The first-order valence-electron chi connectivity index (χ1n) is 6.67. The van der Waals surface area contributed by atoms with Gasteiger partial charge in [0.2, 0.25) is 0 Å². The molecule has 2 unspecified atom stereocenters. The molecule has 1 aromatic carbocycles. The highest BCUT2D eigenvalue weighted by Crippen LogP contribution is 2.28. The summed E-state index contributed by atoms with van der Waals surface area (Å²) >= 11 is 6.07. The van der Waals surface area contributed by atoms with E-state index in [9.17, 15) is 4.79 Å². The van der Waals surface area contributed by atoms with E-state index in [1.807, 2.05) is 19.1 Å². The fourth-order valence-electron chi connectivity index (χ4n) is 2.50. The molecule has 2 atom stereocenters. The van der Waals surface area contributed by atoms with Gasteiger partial charge in [0.1, 0.15) is 5.75 Å². The molecule has 1 saturated carbocycles. The lowest BCUT2D eigenvalue weighted by Crippen LogP contribution is -2.28. The van der Waals surface area contributed by atoms with Gasteiger partial charge in [-0.25, -0.2) is 0 Å². The Morgan fingerprint density at radius 3 is 2.89 bits per heavy atom. The highest BCUT2D eigenvalue weighted by atomic mass is 35.5. The molecule has 0 aromatic heterocycles. The van der Waals surface area contributed by atoms with Gasteiger partial charge in [-0.15, -0.1) is 11.6 Å². The molecule has 0 spiro atoms. The number of alkyl halides is 1. The molecule has 0 aliphatic heterocycles. The van der Waals surface area contributed by atoms with E-state index in [0.717, 1.165) is 30.6 Å². The number of rotatable bonds is 4. The highest BCUT2D eigenvalue weighted by molar-refractivity contribution is 6.20. The lowest BCUT2D eigenvalue weighted by atomic mass is 10.1. The van der Waals surface area contributed by atoms with Crippen molar-refractivity contribution in [2.24, 2.45) is 5.92 Å². The lowest BCUT2D eigenvalue weighted by molar-refractivity contribution is 0.0947. The standard InChI is InChI=1S/C15H20ClNO2/c1-10-3-5-12(8-14(10)19-2)15(18)17-9-11-4-6-13(16)7-11/h3,5,8,11,13H,4,6-7,9H2,1-2H3,(H,17,18). The Morgan fingerprint density at radius 1 is 1.47 bits per heavy atom. The molecule has 1 amide bonds. The highest BCUT2D eigenvalue weighted by Gasteiger charge is 2.23. The van der Waals surface area contributed by atoms with Crippen LogP contribution in [0, 0.1) is 12.8 Å². The molecule has 0 heterocycles. The topological polar surface area (TPSA) is 38.3 Å². The van der Waals surface area contributed by atoms with Gasteiger partial charge in [0.15, 0.2) is 0 Å². The quantitative estimate of drug-likeness (QED) is 0.861. The zero-order valence-corrected chi connectivity index (χ0v) is 12.2. The summed E-state index contributed by atoms with van der Waals surface area (Å²) in [4.78, 5) is 12.1. The summed E-state index contributed by atoms with van der Waals surface area (Å²) in [5.41, 5.74) is 1.67. The van der Waals surface area contributed by atoms with Crippen molar-refractivity contribution in [2.75, 3.05) is 13.7 Å². The van der Waals surface area contributed by atoms with Crippen molar-refractivity contribution in [1.29, 1.82) is 0 Å². The average molecular weight is 282 g/mol. The molecule has 1 aliphatic rings. The van der Waals surface area contributed by atoms with Crippen LogP contribution in [-0.4, -0.2) is 24.9 Å². The second-order valence-electron chi connectivity index (χ2n) is 5.17. The fourth-order valence-corrected chi connectivity index (χ4v) is 2.88. The summed E-state index contributed by atoms with van der Waals surface area (Å²) < 4.78 is 5.23. The minimum atomic E-state index is -0.0451. The van der Waals surface area contributed by atoms with Crippen molar-refractivity contribution in [3.05, 3.63) is 29.3 Å². The van der Waals surface area contributed by atoms with E-state index < -0.39 is 0 Å². The Morgan fingerprint density at radius 2 is 2.26 bits per heavy atom. The van der Waals surface area contributed by atoms with E-state index in [1.54, 1.807) is 13.2 Å². The van der Waals surface area contributed by atoms with Gasteiger partial charge >= 0.3 is 0 Å². The minimum absolute atomic E-state index is 0.0451. The maximum absolute atomic E-state index is 12.1. The van der Waals surface area contributed by atoms with E-state index in [2.05, 4.69) is 5.32 Å². The van der Waals surface area contributed by atoms with Crippen LogP contribution in [0.5, 0.6) is 5.75 Å². The van der Waals surface area contributed by atoms with Gasteiger partial charge in [-0.2, -0.15) is 0 Å². The Balaban J connectivity index is 1.92. The number of ether oxygens (including phenoxy) is 1. The molecule has 1 aromatic rings. The molecule has 4 heteroatoms. The molecule has 1 N–H and O–H groups in total.